The molecule has 0 aliphatic carbocycles. The van der Waals surface area contributed by atoms with Crippen LogP contribution in [0.4, 0.5) is 0 Å². The molecule has 2 aromatic carbocycles. The van der Waals surface area contributed by atoms with Crippen molar-refractivity contribution in [2.75, 3.05) is 14.1 Å². The SMILES string of the molecule is CN(C)C(=O)c1ccccc1C=CC(=O)CC(=O)C=Cc1ccc(O)cc1. The minimum Gasteiger partial charge on any atom is -0.508 e. The van der Waals surface area contributed by atoms with Gasteiger partial charge in [0.1, 0.15) is 5.75 Å². The summed E-state index contributed by atoms with van der Waals surface area (Å²) in [5, 5.41) is 9.22. The maximum Gasteiger partial charge on any atom is 0.253 e. The summed E-state index contributed by atoms with van der Waals surface area (Å²) in [6, 6.07) is 13.3. The molecule has 0 saturated carbocycles. The topological polar surface area (TPSA) is 74.7 Å². The highest BCUT2D eigenvalue weighted by Gasteiger charge is 2.11. The molecule has 0 aliphatic rings. The van der Waals surface area contributed by atoms with Gasteiger partial charge in [-0.25, -0.2) is 0 Å². The van der Waals surface area contributed by atoms with E-state index in [1.165, 1.54) is 29.2 Å². The molecule has 0 unspecified atom stereocenters. The van der Waals surface area contributed by atoms with E-state index in [-0.39, 0.29) is 29.6 Å². The van der Waals surface area contributed by atoms with Crippen LogP contribution in [0.3, 0.4) is 0 Å². The molecule has 1 N–H and O–H groups in total. The quantitative estimate of drug-likeness (QED) is 0.605. The van der Waals surface area contributed by atoms with E-state index in [1.54, 1.807) is 62.6 Å². The molecule has 0 saturated heterocycles. The van der Waals surface area contributed by atoms with Gasteiger partial charge in [-0.15, -0.1) is 0 Å². The zero-order valence-electron chi connectivity index (χ0n) is 15.3. The second kappa shape index (κ2) is 9.29. The van der Waals surface area contributed by atoms with Gasteiger partial charge >= 0.3 is 0 Å². The Morgan fingerprint density at radius 2 is 1.48 bits per heavy atom. The fourth-order valence-corrected chi connectivity index (χ4v) is 2.32. The summed E-state index contributed by atoms with van der Waals surface area (Å²) in [6.07, 6.45) is 5.53. The number of carbonyl (C=O) groups is 3. The molecule has 0 spiro atoms. The molecule has 0 aliphatic heterocycles. The number of phenolic OH excluding ortho intramolecular Hbond substituents is 1. The highest BCUT2D eigenvalue weighted by molar-refractivity contribution is 6.11. The van der Waals surface area contributed by atoms with Gasteiger partial charge in [0.25, 0.3) is 5.91 Å². The summed E-state index contributed by atoms with van der Waals surface area (Å²) < 4.78 is 0. The molecule has 0 fully saturated rings. The first-order chi connectivity index (χ1) is 12.9. The van der Waals surface area contributed by atoms with Crippen molar-refractivity contribution in [1.82, 2.24) is 4.90 Å². The van der Waals surface area contributed by atoms with Gasteiger partial charge < -0.3 is 10.0 Å². The van der Waals surface area contributed by atoms with Crippen molar-refractivity contribution < 1.29 is 19.5 Å². The molecule has 5 nitrogen and oxygen atoms in total. The molecule has 0 aromatic heterocycles. The molecular weight excluding hydrogens is 342 g/mol. The molecule has 2 aromatic rings. The predicted octanol–water partition coefficient (Wildman–Crippen LogP) is 3.35. The Labute approximate surface area is 158 Å². The number of ketones is 2. The van der Waals surface area contributed by atoms with Crippen LogP contribution in [0.15, 0.2) is 60.7 Å². The van der Waals surface area contributed by atoms with Gasteiger partial charge in [0.2, 0.25) is 0 Å². The fraction of sp³-hybridized carbons (Fsp3) is 0.136. The van der Waals surface area contributed by atoms with Crippen LogP contribution in [0.25, 0.3) is 12.2 Å². The lowest BCUT2D eigenvalue weighted by Crippen LogP contribution is -2.22. The number of hydrogen-bond acceptors (Lipinski definition) is 4. The highest BCUT2D eigenvalue weighted by Crippen LogP contribution is 2.13. The molecule has 2 rings (SSSR count). The largest absolute Gasteiger partial charge is 0.508 e. The van der Waals surface area contributed by atoms with Crippen LogP contribution in [0.5, 0.6) is 5.75 Å². The van der Waals surface area contributed by atoms with Crippen LogP contribution in [0.1, 0.15) is 27.9 Å². The van der Waals surface area contributed by atoms with E-state index < -0.39 is 0 Å². The van der Waals surface area contributed by atoms with E-state index in [9.17, 15) is 19.5 Å². The Balaban J connectivity index is 2.00. The lowest BCUT2D eigenvalue weighted by molar-refractivity contribution is -0.121. The first kappa shape index (κ1) is 19.8. The maximum absolute atomic E-state index is 12.2. The Hall–Kier alpha value is -3.47. The van der Waals surface area contributed by atoms with Gasteiger partial charge in [-0.1, -0.05) is 42.5 Å². The molecule has 1 amide bonds. The zero-order chi connectivity index (χ0) is 19.8. The molecule has 5 heteroatoms. The van der Waals surface area contributed by atoms with E-state index in [4.69, 9.17) is 0 Å². The summed E-state index contributed by atoms with van der Waals surface area (Å²) in [5.74, 6) is -0.680. The number of phenols is 1. The minimum absolute atomic E-state index is 0.145. The van der Waals surface area contributed by atoms with Crippen molar-refractivity contribution in [1.29, 1.82) is 0 Å². The predicted molar refractivity (Wildman–Crippen MR) is 105 cm³/mol. The van der Waals surface area contributed by atoms with Gasteiger partial charge in [0.15, 0.2) is 11.6 Å². The molecule has 0 bridgehead atoms. The average molecular weight is 363 g/mol. The summed E-state index contributed by atoms with van der Waals surface area (Å²) in [6.45, 7) is 0. The summed E-state index contributed by atoms with van der Waals surface area (Å²) in [4.78, 5) is 37.6. The standard InChI is InChI=1S/C22H21NO4/c1-23(2)22(27)21-6-4-3-5-17(21)10-14-20(26)15-19(25)13-9-16-7-11-18(24)12-8-16/h3-14,24H,15H2,1-2H3. The summed E-state index contributed by atoms with van der Waals surface area (Å²) in [5.41, 5.74) is 1.86. The summed E-state index contributed by atoms with van der Waals surface area (Å²) >= 11 is 0. The average Bonchev–Trinajstić information content (AvgIpc) is 2.65. The smallest absolute Gasteiger partial charge is 0.253 e. The molecular formula is C22H21NO4. The minimum atomic E-state index is -0.345. The Morgan fingerprint density at radius 1 is 0.889 bits per heavy atom. The lowest BCUT2D eigenvalue weighted by atomic mass is 10.0. The third-order valence-electron chi connectivity index (χ3n) is 3.75. The number of rotatable bonds is 7. The van der Waals surface area contributed by atoms with Crippen molar-refractivity contribution in [3.8, 4) is 5.75 Å². The van der Waals surface area contributed by atoms with E-state index in [1.807, 2.05) is 0 Å². The van der Waals surface area contributed by atoms with Crippen molar-refractivity contribution in [3.63, 3.8) is 0 Å². The van der Waals surface area contributed by atoms with Gasteiger partial charge in [0, 0.05) is 19.7 Å². The van der Waals surface area contributed by atoms with Crippen LogP contribution in [0, 0.1) is 0 Å². The monoisotopic (exact) mass is 363 g/mol. The van der Waals surface area contributed by atoms with E-state index in [0.717, 1.165) is 5.56 Å². The van der Waals surface area contributed by atoms with Crippen LogP contribution in [0.2, 0.25) is 0 Å². The van der Waals surface area contributed by atoms with Gasteiger partial charge in [-0.05, 0) is 41.5 Å². The number of carbonyl (C=O) groups excluding carboxylic acids is 3. The number of nitrogens with zero attached hydrogens (tertiary/aromatic N) is 1. The Morgan fingerprint density at radius 3 is 2.11 bits per heavy atom. The number of aromatic hydroxyl groups is 1. The molecule has 0 atom stereocenters. The van der Waals surface area contributed by atoms with Crippen LogP contribution >= 0.6 is 0 Å². The third-order valence-corrected chi connectivity index (χ3v) is 3.75. The number of hydrogen-bond donors (Lipinski definition) is 1. The molecule has 27 heavy (non-hydrogen) atoms. The molecule has 138 valence electrons. The third kappa shape index (κ3) is 6.08. The van der Waals surface area contributed by atoms with Crippen LogP contribution < -0.4 is 0 Å². The first-order valence-corrected chi connectivity index (χ1v) is 8.38. The van der Waals surface area contributed by atoms with Crippen molar-refractivity contribution in [3.05, 3.63) is 77.4 Å². The zero-order valence-corrected chi connectivity index (χ0v) is 15.3. The lowest BCUT2D eigenvalue weighted by Gasteiger charge is -2.12. The normalized spacial score (nSPS) is 11.0. The molecule has 0 heterocycles. The second-order valence-corrected chi connectivity index (χ2v) is 6.15. The molecule has 0 radical (unpaired) electrons. The highest BCUT2D eigenvalue weighted by atomic mass is 16.3. The van der Waals surface area contributed by atoms with E-state index in [0.29, 0.717) is 11.1 Å². The van der Waals surface area contributed by atoms with Gasteiger partial charge in [0.05, 0.1) is 6.42 Å². The summed E-state index contributed by atoms with van der Waals surface area (Å²) in [7, 11) is 3.32. The van der Waals surface area contributed by atoms with E-state index in [2.05, 4.69) is 0 Å². The Bertz CT molecular complexity index is 893. The van der Waals surface area contributed by atoms with Gasteiger partial charge in [-0.3, -0.25) is 14.4 Å². The number of benzene rings is 2. The number of amides is 1. The van der Waals surface area contributed by atoms with Crippen molar-refractivity contribution in [2.24, 2.45) is 0 Å². The fourth-order valence-electron chi connectivity index (χ4n) is 2.32. The van der Waals surface area contributed by atoms with Crippen LogP contribution in [-0.4, -0.2) is 41.6 Å². The van der Waals surface area contributed by atoms with Crippen molar-refractivity contribution >= 4 is 29.6 Å². The van der Waals surface area contributed by atoms with Crippen molar-refractivity contribution in [2.45, 2.75) is 6.42 Å². The Kier molecular flexibility index (Phi) is 6.83. The maximum atomic E-state index is 12.2. The van der Waals surface area contributed by atoms with Gasteiger partial charge in [-0.2, -0.15) is 0 Å². The first-order valence-electron chi connectivity index (χ1n) is 8.38. The van der Waals surface area contributed by atoms with Crippen LogP contribution in [-0.2, 0) is 9.59 Å². The number of allylic oxidation sites excluding steroid dienone is 2. The van der Waals surface area contributed by atoms with E-state index >= 15 is 0 Å². The second-order valence-electron chi connectivity index (χ2n) is 6.15.